The Kier molecular flexibility index (Phi) is 67.1. The van der Waals surface area contributed by atoms with Gasteiger partial charge < -0.3 is 33.8 Å². The predicted molar refractivity (Wildman–Crippen MR) is 395 cm³/mol. The van der Waals surface area contributed by atoms with Crippen LogP contribution in [0.25, 0.3) is 0 Å². The molecule has 0 saturated carbocycles. The summed E-state index contributed by atoms with van der Waals surface area (Å²) >= 11 is 0. The van der Waals surface area contributed by atoms with Crippen LogP contribution in [0.4, 0.5) is 0 Å². The summed E-state index contributed by atoms with van der Waals surface area (Å²) in [5, 5.41) is 10.6. The van der Waals surface area contributed by atoms with Crippen molar-refractivity contribution < 1.29 is 80.2 Å². The molecule has 0 aromatic rings. The zero-order valence-electron chi connectivity index (χ0n) is 63.5. The van der Waals surface area contributed by atoms with Crippen molar-refractivity contribution in [3.05, 3.63) is 0 Å². The van der Waals surface area contributed by atoms with Crippen molar-refractivity contribution in [2.24, 2.45) is 17.8 Å². The van der Waals surface area contributed by atoms with Crippen LogP contribution in [0.3, 0.4) is 0 Å². The molecule has 5 atom stereocenters. The second-order valence-corrected chi connectivity index (χ2v) is 32.4. The van der Waals surface area contributed by atoms with Gasteiger partial charge >= 0.3 is 39.5 Å². The molecule has 97 heavy (non-hydrogen) atoms. The molecule has 0 aliphatic carbocycles. The average Bonchev–Trinajstić information content (AvgIpc) is 1.04. The van der Waals surface area contributed by atoms with Crippen molar-refractivity contribution in [1.29, 1.82) is 0 Å². The monoisotopic (exact) mass is 1420 g/mol. The first-order valence-electron chi connectivity index (χ1n) is 40.3. The highest BCUT2D eigenvalue weighted by Gasteiger charge is 2.30. The predicted octanol–water partition coefficient (Wildman–Crippen LogP) is 23.0. The van der Waals surface area contributed by atoms with E-state index in [0.717, 1.165) is 108 Å². The number of unbranched alkanes of at least 4 members (excludes halogenated alkanes) is 44. The van der Waals surface area contributed by atoms with E-state index in [1.807, 2.05) is 0 Å². The van der Waals surface area contributed by atoms with Crippen LogP contribution in [0.2, 0.25) is 0 Å². The number of aliphatic hydroxyl groups excluding tert-OH is 1. The van der Waals surface area contributed by atoms with Crippen molar-refractivity contribution in [2.75, 3.05) is 39.6 Å². The third-order valence-corrected chi connectivity index (χ3v) is 20.0. The van der Waals surface area contributed by atoms with Crippen molar-refractivity contribution in [1.82, 2.24) is 0 Å². The molecule has 0 rings (SSSR count). The molecule has 0 amide bonds. The Balaban J connectivity index is 5.26. The molecule has 0 bridgehead atoms. The molecule has 0 aliphatic heterocycles. The zero-order valence-corrected chi connectivity index (χ0v) is 65.3. The van der Waals surface area contributed by atoms with Crippen molar-refractivity contribution >= 4 is 39.5 Å². The van der Waals surface area contributed by atoms with Crippen LogP contribution in [0, 0.1) is 17.8 Å². The van der Waals surface area contributed by atoms with Gasteiger partial charge in [-0.15, -0.1) is 0 Å². The highest BCUT2D eigenvalue weighted by molar-refractivity contribution is 7.47. The Hall–Kier alpha value is -1.94. The van der Waals surface area contributed by atoms with Crippen LogP contribution in [-0.4, -0.2) is 96.7 Å². The molecule has 0 heterocycles. The lowest BCUT2D eigenvalue weighted by Gasteiger charge is -2.21. The number of rotatable bonds is 76. The fourth-order valence-electron chi connectivity index (χ4n) is 12.0. The van der Waals surface area contributed by atoms with Crippen LogP contribution in [0.5, 0.6) is 0 Å². The van der Waals surface area contributed by atoms with Gasteiger partial charge in [0.05, 0.1) is 26.4 Å². The van der Waals surface area contributed by atoms with E-state index in [9.17, 15) is 43.2 Å². The van der Waals surface area contributed by atoms with Gasteiger partial charge in [0.2, 0.25) is 0 Å². The maximum absolute atomic E-state index is 13.1. The van der Waals surface area contributed by atoms with E-state index >= 15 is 0 Å². The van der Waals surface area contributed by atoms with E-state index in [0.29, 0.717) is 25.7 Å². The maximum atomic E-state index is 13.1. The normalized spacial score (nSPS) is 14.0. The highest BCUT2D eigenvalue weighted by atomic mass is 31.2. The van der Waals surface area contributed by atoms with E-state index in [2.05, 4.69) is 48.5 Å². The van der Waals surface area contributed by atoms with Crippen LogP contribution in [-0.2, 0) is 65.4 Å². The van der Waals surface area contributed by atoms with Gasteiger partial charge in [0.25, 0.3) is 0 Å². The molecule has 2 unspecified atom stereocenters. The Morgan fingerprint density at radius 2 is 0.474 bits per heavy atom. The summed E-state index contributed by atoms with van der Waals surface area (Å²) in [7, 11) is -9.92. The summed E-state index contributed by atoms with van der Waals surface area (Å²) in [6, 6.07) is 0. The smallest absolute Gasteiger partial charge is 0.462 e. The standard InChI is InChI=1S/C78H152O17P2/c1-8-9-10-11-12-13-14-15-16-20-25-30-38-45-52-59-75(80)88-65-73(94-77(82)61-54-47-40-31-26-21-18-17-19-23-28-35-42-49-56-69(2)3)67-92-96(84,85)90-63-72(79)64-91-97(86,87)93-68-74(66-89-76(81)60-53-46-39-34-33-37-44-51-58-71(6)7)95-78(83)62-55-48-41-32-27-22-24-29-36-43-50-57-70(4)5/h69-74,79H,8-68H2,1-7H3,(H,84,85)(H,86,87)/t72-,73-,74-/m1/s1. The average molecular weight is 1420 g/mol. The van der Waals surface area contributed by atoms with Crippen LogP contribution >= 0.6 is 15.6 Å². The molecule has 576 valence electrons. The summed E-state index contributed by atoms with van der Waals surface area (Å²) in [5.74, 6) is 0.173. The number of carbonyl (C=O) groups excluding carboxylic acids is 4. The Bertz CT molecular complexity index is 1890. The summed E-state index contributed by atoms with van der Waals surface area (Å²) in [6.07, 6.45) is 55.4. The van der Waals surface area contributed by atoms with E-state index in [-0.39, 0.29) is 25.7 Å². The first-order valence-corrected chi connectivity index (χ1v) is 43.3. The van der Waals surface area contributed by atoms with Gasteiger partial charge in [-0.1, -0.05) is 350 Å². The van der Waals surface area contributed by atoms with Crippen molar-refractivity contribution in [3.8, 4) is 0 Å². The van der Waals surface area contributed by atoms with E-state index in [1.54, 1.807) is 0 Å². The number of esters is 4. The molecule has 0 aromatic carbocycles. The van der Waals surface area contributed by atoms with Crippen LogP contribution in [0.15, 0.2) is 0 Å². The second kappa shape index (κ2) is 68.5. The topological polar surface area (TPSA) is 237 Å². The van der Waals surface area contributed by atoms with Gasteiger partial charge in [0, 0.05) is 25.7 Å². The van der Waals surface area contributed by atoms with Gasteiger partial charge in [-0.25, -0.2) is 9.13 Å². The molecule has 19 heteroatoms. The Morgan fingerprint density at radius 3 is 0.701 bits per heavy atom. The van der Waals surface area contributed by atoms with E-state index < -0.39 is 97.5 Å². The van der Waals surface area contributed by atoms with Crippen molar-refractivity contribution in [2.45, 2.75) is 420 Å². The van der Waals surface area contributed by atoms with Gasteiger partial charge in [-0.2, -0.15) is 0 Å². The molecule has 0 radical (unpaired) electrons. The lowest BCUT2D eigenvalue weighted by atomic mass is 10.0. The first-order chi connectivity index (χ1) is 46.7. The first kappa shape index (κ1) is 95.1. The summed E-state index contributed by atoms with van der Waals surface area (Å²) in [4.78, 5) is 72.9. The van der Waals surface area contributed by atoms with Crippen LogP contribution in [0.1, 0.15) is 402 Å². The van der Waals surface area contributed by atoms with Gasteiger partial charge in [-0.05, 0) is 43.4 Å². The third-order valence-electron chi connectivity index (χ3n) is 18.1. The summed E-state index contributed by atoms with van der Waals surface area (Å²) in [6.45, 7) is 11.9. The maximum Gasteiger partial charge on any atom is 0.472 e. The minimum absolute atomic E-state index is 0.106. The fourth-order valence-corrected chi connectivity index (χ4v) is 13.5. The molecule has 0 aliphatic rings. The quantitative estimate of drug-likeness (QED) is 0.0222. The van der Waals surface area contributed by atoms with Gasteiger partial charge in [0.1, 0.15) is 19.3 Å². The van der Waals surface area contributed by atoms with E-state index in [1.165, 1.54) is 212 Å². The van der Waals surface area contributed by atoms with Crippen molar-refractivity contribution in [3.63, 3.8) is 0 Å². The number of carbonyl (C=O) groups is 4. The number of hydrogen-bond acceptors (Lipinski definition) is 15. The number of aliphatic hydroxyl groups is 1. The fraction of sp³-hybridized carbons (Fsp3) is 0.949. The number of phosphoric ester groups is 2. The SMILES string of the molecule is CCCCCCCCCCCCCCCCCC(=O)OC[C@H](COP(=O)(O)OC[C@@H](O)COP(=O)(O)OC[C@@H](COC(=O)CCCCCCCCCCC(C)C)OC(=O)CCCCCCCCCCCCCC(C)C)OC(=O)CCCCCCCCCCCCCCCCC(C)C. The lowest BCUT2D eigenvalue weighted by molar-refractivity contribution is -0.161. The summed E-state index contributed by atoms with van der Waals surface area (Å²) < 4.78 is 68.6. The molecular formula is C78H152O17P2. The van der Waals surface area contributed by atoms with Gasteiger partial charge in [-0.3, -0.25) is 37.3 Å². The minimum atomic E-state index is -4.96. The zero-order chi connectivity index (χ0) is 71.6. The largest absolute Gasteiger partial charge is 0.472 e. The Morgan fingerprint density at radius 1 is 0.278 bits per heavy atom. The van der Waals surface area contributed by atoms with Crippen LogP contribution < -0.4 is 0 Å². The molecule has 3 N–H and O–H groups in total. The summed E-state index contributed by atoms with van der Waals surface area (Å²) in [5.41, 5.74) is 0. The molecular weight excluding hydrogens is 1270 g/mol. The molecule has 0 saturated heterocycles. The number of ether oxygens (including phenoxy) is 4. The number of hydrogen-bond donors (Lipinski definition) is 3. The highest BCUT2D eigenvalue weighted by Crippen LogP contribution is 2.45. The third kappa shape index (κ3) is 72.2. The Labute approximate surface area is 594 Å². The van der Waals surface area contributed by atoms with Gasteiger partial charge in [0.15, 0.2) is 12.2 Å². The van der Waals surface area contributed by atoms with E-state index in [4.69, 9.17) is 37.0 Å². The molecule has 17 nitrogen and oxygen atoms in total. The lowest BCUT2D eigenvalue weighted by Crippen LogP contribution is -2.30. The molecule has 0 fully saturated rings. The number of phosphoric acid groups is 2. The minimum Gasteiger partial charge on any atom is -0.462 e. The molecule has 0 aromatic heterocycles. The molecule has 0 spiro atoms. The second-order valence-electron chi connectivity index (χ2n) is 29.5.